The van der Waals surface area contributed by atoms with E-state index < -0.39 is 0 Å². The molecule has 1 N–H and O–H groups in total. The number of nitrogens with one attached hydrogen (secondary N) is 1. The Balaban J connectivity index is 1.88. The molecule has 0 spiro atoms. The van der Waals surface area contributed by atoms with Crippen LogP contribution in [0, 0.1) is 17.0 Å². The summed E-state index contributed by atoms with van der Waals surface area (Å²) in [5.74, 6) is 0. The lowest BCUT2D eigenvalue weighted by Gasteiger charge is -2.09. The molecule has 1 aromatic carbocycles. The molecule has 3 rings (SSSR count). The molecule has 7 heteroatoms. The lowest BCUT2D eigenvalue weighted by atomic mass is 10.2. The van der Waals surface area contributed by atoms with E-state index in [1.54, 1.807) is 35.1 Å². The SMILES string of the molecule is Cc1ccc(NCc2ccnc3ccnn23)c([N+](=O)[O-])c1. The summed E-state index contributed by atoms with van der Waals surface area (Å²) in [6.07, 6.45) is 3.36. The predicted octanol–water partition coefficient (Wildman–Crippen LogP) is 2.56. The van der Waals surface area contributed by atoms with Crippen LogP contribution in [0.3, 0.4) is 0 Å². The van der Waals surface area contributed by atoms with E-state index in [1.165, 1.54) is 0 Å². The molecule has 0 fully saturated rings. The lowest BCUT2D eigenvalue weighted by Crippen LogP contribution is -2.08. The van der Waals surface area contributed by atoms with Crippen molar-refractivity contribution in [3.63, 3.8) is 0 Å². The standard InChI is InChI=1S/C14H13N5O2/c1-10-2-3-12(13(8-10)19(20)21)16-9-11-4-6-15-14-5-7-17-18(11)14/h2-8,16H,9H2,1H3. The molecule has 0 amide bonds. The number of nitrogens with zero attached hydrogens (tertiary/aromatic N) is 4. The number of nitro benzene ring substituents is 1. The van der Waals surface area contributed by atoms with Crippen molar-refractivity contribution >= 4 is 17.0 Å². The van der Waals surface area contributed by atoms with Gasteiger partial charge in [0.2, 0.25) is 0 Å². The first-order chi connectivity index (χ1) is 10.1. The number of aryl methyl sites for hydroxylation is 1. The highest BCUT2D eigenvalue weighted by Crippen LogP contribution is 2.25. The Labute approximate surface area is 120 Å². The van der Waals surface area contributed by atoms with Crippen LogP contribution >= 0.6 is 0 Å². The molecule has 21 heavy (non-hydrogen) atoms. The van der Waals surface area contributed by atoms with Gasteiger partial charge >= 0.3 is 0 Å². The summed E-state index contributed by atoms with van der Waals surface area (Å²) in [4.78, 5) is 14.9. The largest absolute Gasteiger partial charge is 0.374 e. The normalized spacial score (nSPS) is 10.7. The van der Waals surface area contributed by atoms with Gasteiger partial charge in [0.1, 0.15) is 5.69 Å². The molecule has 2 heterocycles. The number of rotatable bonds is 4. The van der Waals surface area contributed by atoms with Crippen molar-refractivity contribution in [1.29, 1.82) is 0 Å². The Bertz CT molecular complexity index is 812. The van der Waals surface area contributed by atoms with Crippen LogP contribution in [0.5, 0.6) is 0 Å². The molecule has 0 unspecified atom stereocenters. The molecule has 0 saturated carbocycles. The number of benzene rings is 1. The maximum absolute atomic E-state index is 11.1. The van der Waals surface area contributed by atoms with Gasteiger partial charge in [-0.2, -0.15) is 5.10 Å². The minimum Gasteiger partial charge on any atom is -0.374 e. The second kappa shape index (κ2) is 5.20. The highest BCUT2D eigenvalue weighted by atomic mass is 16.6. The van der Waals surface area contributed by atoms with Gasteiger partial charge in [0.05, 0.1) is 23.4 Å². The third-order valence-electron chi connectivity index (χ3n) is 3.18. The van der Waals surface area contributed by atoms with Crippen LogP contribution < -0.4 is 5.32 Å². The number of fused-ring (bicyclic) bond motifs is 1. The Hall–Kier alpha value is -2.96. The van der Waals surface area contributed by atoms with E-state index in [9.17, 15) is 10.1 Å². The zero-order valence-electron chi connectivity index (χ0n) is 11.4. The van der Waals surface area contributed by atoms with Crippen molar-refractivity contribution in [2.45, 2.75) is 13.5 Å². The Morgan fingerprint density at radius 3 is 2.95 bits per heavy atom. The average Bonchev–Trinajstić information content (AvgIpc) is 2.94. The molecule has 0 aliphatic carbocycles. The van der Waals surface area contributed by atoms with E-state index in [4.69, 9.17) is 0 Å². The van der Waals surface area contributed by atoms with Crippen molar-refractivity contribution in [3.05, 3.63) is 64.1 Å². The van der Waals surface area contributed by atoms with Gasteiger partial charge in [0.15, 0.2) is 5.65 Å². The molecule has 0 aliphatic rings. The van der Waals surface area contributed by atoms with Gasteiger partial charge in [-0.1, -0.05) is 6.07 Å². The summed E-state index contributed by atoms with van der Waals surface area (Å²) in [5, 5.41) is 18.4. The van der Waals surface area contributed by atoms with E-state index in [2.05, 4.69) is 15.4 Å². The first-order valence-corrected chi connectivity index (χ1v) is 6.42. The predicted molar refractivity (Wildman–Crippen MR) is 78.1 cm³/mol. The fraction of sp³-hybridized carbons (Fsp3) is 0.143. The van der Waals surface area contributed by atoms with Gasteiger partial charge < -0.3 is 5.32 Å². The van der Waals surface area contributed by atoms with E-state index in [-0.39, 0.29) is 10.6 Å². The summed E-state index contributed by atoms with van der Waals surface area (Å²) in [5.41, 5.74) is 3.03. The zero-order valence-corrected chi connectivity index (χ0v) is 11.4. The second-order valence-electron chi connectivity index (χ2n) is 4.67. The van der Waals surface area contributed by atoms with Crippen LogP contribution in [0.1, 0.15) is 11.3 Å². The van der Waals surface area contributed by atoms with Gasteiger partial charge in [0.25, 0.3) is 5.69 Å². The molecule has 3 aromatic rings. The summed E-state index contributed by atoms with van der Waals surface area (Å²) in [6, 6.07) is 8.74. The third kappa shape index (κ3) is 2.53. The van der Waals surface area contributed by atoms with E-state index in [0.29, 0.717) is 12.2 Å². The molecule has 0 bridgehead atoms. The zero-order chi connectivity index (χ0) is 14.8. The molecule has 0 saturated heterocycles. The summed E-state index contributed by atoms with van der Waals surface area (Å²) < 4.78 is 1.70. The quantitative estimate of drug-likeness (QED) is 0.587. The van der Waals surface area contributed by atoms with Gasteiger partial charge in [-0.15, -0.1) is 0 Å². The van der Waals surface area contributed by atoms with Gasteiger partial charge in [-0.3, -0.25) is 10.1 Å². The molecular formula is C14H13N5O2. The Kier molecular flexibility index (Phi) is 3.23. The van der Waals surface area contributed by atoms with Crippen LogP contribution in [-0.2, 0) is 6.54 Å². The van der Waals surface area contributed by atoms with Crippen molar-refractivity contribution in [2.75, 3.05) is 5.32 Å². The minimum atomic E-state index is -0.384. The maximum atomic E-state index is 11.1. The van der Waals surface area contributed by atoms with Crippen LogP contribution in [0.25, 0.3) is 5.65 Å². The molecule has 0 atom stereocenters. The summed E-state index contributed by atoms with van der Waals surface area (Å²) in [6.45, 7) is 2.25. The molecule has 7 nitrogen and oxygen atoms in total. The van der Waals surface area contributed by atoms with E-state index >= 15 is 0 Å². The molecule has 2 aromatic heterocycles. The molecule has 0 aliphatic heterocycles. The number of aromatic nitrogens is 3. The van der Waals surface area contributed by atoms with Crippen LogP contribution in [-0.4, -0.2) is 19.5 Å². The average molecular weight is 283 g/mol. The summed E-state index contributed by atoms with van der Waals surface area (Å²) in [7, 11) is 0. The number of anilines is 1. The Morgan fingerprint density at radius 1 is 1.29 bits per heavy atom. The van der Waals surface area contributed by atoms with Gasteiger partial charge in [-0.25, -0.2) is 9.50 Å². The van der Waals surface area contributed by atoms with Gasteiger partial charge in [-0.05, 0) is 24.6 Å². The number of hydrogen-bond donors (Lipinski definition) is 1. The summed E-state index contributed by atoms with van der Waals surface area (Å²) >= 11 is 0. The van der Waals surface area contributed by atoms with Crippen LogP contribution in [0.4, 0.5) is 11.4 Å². The monoisotopic (exact) mass is 283 g/mol. The van der Waals surface area contributed by atoms with Crippen molar-refractivity contribution in [3.8, 4) is 0 Å². The Morgan fingerprint density at radius 2 is 2.14 bits per heavy atom. The first-order valence-electron chi connectivity index (χ1n) is 6.42. The fourth-order valence-electron chi connectivity index (χ4n) is 2.15. The fourth-order valence-corrected chi connectivity index (χ4v) is 2.15. The van der Waals surface area contributed by atoms with E-state index in [0.717, 1.165) is 16.9 Å². The smallest absolute Gasteiger partial charge is 0.292 e. The van der Waals surface area contributed by atoms with Crippen molar-refractivity contribution < 1.29 is 4.92 Å². The van der Waals surface area contributed by atoms with Crippen LogP contribution in [0.2, 0.25) is 0 Å². The first kappa shape index (κ1) is 13.0. The third-order valence-corrected chi connectivity index (χ3v) is 3.18. The van der Waals surface area contributed by atoms with Crippen molar-refractivity contribution in [1.82, 2.24) is 14.6 Å². The molecular weight excluding hydrogens is 270 g/mol. The molecule has 0 radical (unpaired) electrons. The number of hydrogen-bond acceptors (Lipinski definition) is 5. The second-order valence-corrected chi connectivity index (χ2v) is 4.67. The van der Waals surface area contributed by atoms with Gasteiger partial charge in [0, 0.05) is 18.3 Å². The van der Waals surface area contributed by atoms with Crippen molar-refractivity contribution in [2.24, 2.45) is 0 Å². The van der Waals surface area contributed by atoms with Crippen LogP contribution in [0.15, 0.2) is 42.7 Å². The van der Waals surface area contributed by atoms with E-state index in [1.807, 2.05) is 19.1 Å². The minimum absolute atomic E-state index is 0.0702. The molecule has 106 valence electrons. The lowest BCUT2D eigenvalue weighted by molar-refractivity contribution is -0.384. The number of nitro groups is 1. The highest BCUT2D eigenvalue weighted by molar-refractivity contribution is 5.62. The maximum Gasteiger partial charge on any atom is 0.292 e. The topological polar surface area (TPSA) is 85.4 Å². The highest BCUT2D eigenvalue weighted by Gasteiger charge is 2.13.